The summed E-state index contributed by atoms with van der Waals surface area (Å²) in [7, 11) is 0. The number of thiol groups is 1. The molecule has 3 rings (SSSR count). The molecule has 0 fully saturated rings. The maximum atomic E-state index is 12.8. The van der Waals surface area contributed by atoms with Crippen molar-refractivity contribution in [3.63, 3.8) is 0 Å². The van der Waals surface area contributed by atoms with Gasteiger partial charge in [-0.2, -0.15) is 13.2 Å². The molecule has 1 aliphatic heterocycles. The van der Waals surface area contributed by atoms with Gasteiger partial charge < -0.3 is 5.11 Å². The number of nitrogens with one attached hydrogen (secondary N) is 1. The molecule has 0 saturated carbocycles. The zero-order valence-corrected chi connectivity index (χ0v) is 15.3. The van der Waals surface area contributed by atoms with Gasteiger partial charge in [0.2, 0.25) is 0 Å². The molecule has 5 nitrogen and oxygen atoms in total. The molecule has 0 bridgehead atoms. The first-order valence-corrected chi connectivity index (χ1v) is 8.55. The van der Waals surface area contributed by atoms with Crippen molar-refractivity contribution in [1.29, 1.82) is 0 Å². The first-order chi connectivity index (χ1) is 12.3. The van der Waals surface area contributed by atoms with Gasteiger partial charge in [0.15, 0.2) is 5.82 Å². The van der Waals surface area contributed by atoms with Gasteiger partial charge in [0, 0.05) is 6.20 Å². The van der Waals surface area contributed by atoms with Crippen LogP contribution < -0.4 is 10.5 Å². The second kappa shape index (κ2) is 7.15. The van der Waals surface area contributed by atoms with Crippen LogP contribution in [0.2, 0.25) is 5.02 Å². The number of halogens is 4. The molecule has 1 atom stereocenters. The van der Waals surface area contributed by atoms with Gasteiger partial charge >= 0.3 is 6.18 Å². The third kappa shape index (κ3) is 3.44. The molecule has 1 aromatic heterocycles. The number of pyridine rings is 1. The van der Waals surface area contributed by atoms with Gasteiger partial charge in [-0.05, 0) is 35.7 Å². The van der Waals surface area contributed by atoms with Crippen molar-refractivity contribution >= 4 is 35.9 Å². The SMILES string of the molecule is CC[C@@H]1c2cc(CO)ccc2N(Nc2ncc(C(F)(F)F)cc2Cl)N1S. The van der Waals surface area contributed by atoms with Crippen molar-refractivity contribution < 1.29 is 18.3 Å². The van der Waals surface area contributed by atoms with Gasteiger partial charge in [-0.3, -0.25) is 5.43 Å². The number of anilines is 2. The maximum absolute atomic E-state index is 12.8. The highest BCUT2D eigenvalue weighted by molar-refractivity contribution is 7.77. The number of rotatable bonds is 4. The average Bonchev–Trinajstić information content (AvgIpc) is 2.86. The third-order valence-corrected chi connectivity index (χ3v) is 4.86. The fourth-order valence-electron chi connectivity index (χ4n) is 2.81. The minimum absolute atomic E-state index is 0.0765. The number of alkyl halides is 3. The number of benzene rings is 1. The topological polar surface area (TPSA) is 51.6 Å². The quantitative estimate of drug-likeness (QED) is 0.650. The van der Waals surface area contributed by atoms with Crippen molar-refractivity contribution in [2.45, 2.75) is 32.2 Å². The van der Waals surface area contributed by atoms with Crippen LogP contribution in [0.1, 0.15) is 36.1 Å². The van der Waals surface area contributed by atoms with Gasteiger partial charge in [-0.25, -0.2) is 10.1 Å². The van der Waals surface area contributed by atoms with E-state index in [1.54, 1.807) is 21.7 Å². The lowest BCUT2D eigenvalue weighted by atomic mass is 10.0. The molecule has 0 radical (unpaired) electrons. The zero-order chi connectivity index (χ0) is 19.1. The van der Waals surface area contributed by atoms with E-state index in [2.05, 4.69) is 23.2 Å². The zero-order valence-electron chi connectivity index (χ0n) is 13.6. The summed E-state index contributed by atoms with van der Waals surface area (Å²) in [5.74, 6) is 0.0765. The van der Waals surface area contributed by atoms with Gasteiger partial charge in [-0.1, -0.05) is 37.4 Å². The number of aliphatic hydroxyl groups excluding tert-OH is 1. The normalized spacial score (nSPS) is 17.5. The fourth-order valence-corrected chi connectivity index (χ4v) is 3.44. The highest BCUT2D eigenvalue weighted by Crippen LogP contribution is 2.43. The van der Waals surface area contributed by atoms with E-state index in [1.807, 2.05) is 13.0 Å². The highest BCUT2D eigenvalue weighted by Gasteiger charge is 2.35. The van der Waals surface area contributed by atoms with Crippen LogP contribution >= 0.6 is 24.4 Å². The summed E-state index contributed by atoms with van der Waals surface area (Å²) in [4.78, 5) is 3.79. The third-order valence-electron chi connectivity index (χ3n) is 4.11. The Hall–Kier alpha value is -1.68. The Morgan fingerprint density at radius 2 is 2.08 bits per heavy atom. The molecule has 2 aromatic rings. The van der Waals surface area contributed by atoms with Crippen LogP contribution in [0.3, 0.4) is 0 Å². The van der Waals surface area contributed by atoms with Crippen molar-refractivity contribution in [3.05, 3.63) is 52.2 Å². The van der Waals surface area contributed by atoms with Crippen molar-refractivity contribution in [2.75, 3.05) is 10.5 Å². The van der Waals surface area contributed by atoms with E-state index in [0.717, 1.165) is 35.5 Å². The second-order valence-electron chi connectivity index (χ2n) is 5.77. The number of hydrazine groups is 2. The van der Waals surface area contributed by atoms with Crippen molar-refractivity contribution in [3.8, 4) is 0 Å². The Labute approximate surface area is 158 Å². The largest absolute Gasteiger partial charge is 0.417 e. The Morgan fingerprint density at radius 3 is 2.65 bits per heavy atom. The van der Waals surface area contributed by atoms with Gasteiger partial charge in [0.25, 0.3) is 0 Å². The minimum atomic E-state index is -4.51. The van der Waals surface area contributed by atoms with E-state index >= 15 is 0 Å². The van der Waals surface area contributed by atoms with Gasteiger partial charge in [-0.15, -0.1) is 4.41 Å². The summed E-state index contributed by atoms with van der Waals surface area (Å²) in [6, 6.07) is 6.17. The van der Waals surface area contributed by atoms with E-state index in [0.29, 0.717) is 0 Å². The van der Waals surface area contributed by atoms with Crippen molar-refractivity contribution in [1.82, 2.24) is 9.40 Å². The van der Waals surface area contributed by atoms with Crippen LogP contribution in [-0.4, -0.2) is 14.5 Å². The number of aliphatic hydroxyl groups is 1. The first kappa shape index (κ1) is 19.1. The molecular formula is C16H16ClF3N4OS. The van der Waals surface area contributed by atoms with Gasteiger partial charge in [0.05, 0.1) is 28.9 Å². The molecule has 0 unspecified atom stereocenters. The lowest BCUT2D eigenvalue weighted by molar-refractivity contribution is -0.137. The van der Waals surface area contributed by atoms with Gasteiger partial charge in [0.1, 0.15) is 0 Å². The summed E-state index contributed by atoms with van der Waals surface area (Å²) in [6.45, 7) is 1.89. The molecule has 0 amide bonds. The standard InChI is InChI=1S/C16H16ClF3N4OS/c1-2-13-11-5-9(8-25)3-4-14(11)23(24(13)26)22-15-12(17)6-10(7-21-15)16(18,19)20/h3-7,13,25-26H,2,8H2,1H3,(H,21,22)/t13-/m1/s1. The molecule has 2 heterocycles. The summed E-state index contributed by atoms with van der Waals surface area (Å²) in [6.07, 6.45) is -3.06. The van der Waals surface area contributed by atoms with Crippen molar-refractivity contribution in [2.24, 2.45) is 0 Å². The predicted molar refractivity (Wildman–Crippen MR) is 96.6 cm³/mol. The molecule has 2 N–H and O–H groups in total. The monoisotopic (exact) mass is 404 g/mol. The van der Waals surface area contributed by atoms with Crippen LogP contribution in [0.15, 0.2) is 30.5 Å². The number of hydrogen-bond donors (Lipinski definition) is 3. The highest BCUT2D eigenvalue weighted by atomic mass is 35.5. The van der Waals surface area contributed by atoms with Crippen LogP contribution in [0, 0.1) is 0 Å². The first-order valence-electron chi connectivity index (χ1n) is 7.77. The molecule has 26 heavy (non-hydrogen) atoms. The number of fused-ring (bicyclic) bond motifs is 1. The lowest BCUT2D eigenvalue weighted by Gasteiger charge is -2.29. The number of nitrogens with zero attached hydrogens (tertiary/aromatic N) is 3. The average molecular weight is 405 g/mol. The smallest absolute Gasteiger partial charge is 0.392 e. The Balaban J connectivity index is 1.94. The predicted octanol–water partition coefficient (Wildman–Crippen LogP) is 4.61. The fraction of sp³-hybridized carbons (Fsp3) is 0.312. The second-order valence-corrected chi connectivity index (χ2v) is 6.59. The van der Waals surface area contributed by atoms with E-state index < -0.39 is 11.7 Å². The number of aromatic nitrogens is 1. The Bertz CT molecular complexity index is 821. The van der Waals surface area contributed by atoms with Crippen LogP contribution in [-0.2, 0) is 12.8 Å². The van der Waals surface area contributed by atoms with E-state index in [9.17, 15) is 18.3 Å². The summed E-state index contributed by atoms with van der Waals surface area (Å²) in [5.41, 5.74) is 4.43. The Kier molecular flexibility index (Phi) is 5.25. The molecule has 0 aliphatic carbocycles. The molecule has 140 valence electrons. The number of hydrogen-bond acceptors (Lipinski definition) is 6. The molecule has 0 spiro atoms. The summed E-state index contributed by atoms with van der Waals surface area (Å²) >= 11 is 10.5. The molecule has 0 saturated heterocycles. The van der Waals surface area contributed by atoms with Crippen LogP contribution in [0.25, 0.3) is 0 Å². The summed E-state index contributed by atoms with van der Waals surface area (Å²) < 4.78 is 39.9. The minimum Gasteiger partial charge on any atom is -0.392 e. The van der Waals surface area contributed by atoms with E-state index in [4.69, 9.17) is 11.6 Å². The molecule has 10 heteroatoms. The van der Waals surface area contributed by atoms with Crippen LogP contribution in [0.4, 0.5) is 24.7 Å². The van der Waals surface area contributed by atoms with E-state index in [1.165, 1.54) is 0 Å². The lowest BCUT2D eigenvalue weighted by Crippen LogP contribution is -2.38. The molecule has 1 aliphatic rings. The maximum Gasteiger partial charge on any atom is 0.417 e. The molecule has 1 aromatic carbocycles. The van der Waals surface area contributed by atoms with E-state index in [-0.39, 0.29) is 23.5 Å². The molecular weight excluding hydrogens is 389 g/mol. The Morgan fingerprint density at radius 1 is 1.35 bits per heavy atom. The summed E-state index contributed by atoms with van der Waals surface area (Å²) in [5, 5.41) is 10.7. The van der Waals surface area contributed by atoms with Crippen LogP contribution in [0.5, 0.6) is 0 Å².